The van der Waals surface area contributed by atoms with Crippen LogP contribution in [0.5, 0.6) is 0 Å². The summed E-state index contributed by atoms with van der Waals surface area (Å²) in [4.78, 5) is 14.4. The molecule has 94 valence electrons. The van der Waals surface area contributed by atoms with Crippen molar-refractivity contribution in [2.45, 2.75) is 20.3 Å². The van der Waals surface area contributed by atoms with Crippen molar-refractivity contribution < 1.29 is 4.79 Å². The predicted octanol–water partition coefficient (Wildman–Crippen LogP) is 2.91. The van der Waals surface area contributed by atoms with Gasteiger partial charge >= 0.3 is 0 Å². The lowest BCUT2D eigenvalue weighted by Crippen LogP contribution is -2.43. The van der Waals surface area contributed by atoms with E-state index >= 15 is 0 Å². The van der Waals surface area contributed by atoms with Gasteiger partial charge in [0.25, 0.3) is 5.91 Å². The number of amides is 1. The zero-order valence-electron chi connectivity index (χ0n) is 10.6. The highest BCUT2D eigenvalue weighted by Gasteiger charge is 2.27. The number of carbonyl (C=O) groups is 1. The van der Waals surface area contributed by atoms with Crippen molar-refractivity contribution in [2.75, 3.05) is 13.1 Å². The maximum Gasteiger partial charge on any atom is 0.270 e. The quantitative estimate of drug-likeness (QED) is 0.783. The predicted molar refractivity (Wildman–Crippen MR) is 72.0 cm³/mol. The second-order valence-electron chi connectivity index (χ2n) is 5.31. The zero-order valence-corrected chi connectivity index (χ0v) is 12.2. The highest BCUT2D eigenvalue weighted by atomic mass is 79.9. The molecule has 1 aromatic rings. The van der Waals surface area contributed by atoms with Crippen LogP contribution in [0.4, 0.5) is 0 Å². The number of aryl methyl sites for hydroxylation is 1. The number of piperidine rings is 1. The lowest BCUT2D eigenvalue weighted by Gasteiger charge is -2.35. The molecule has 1 aliphatic rings. The van der Waals surface area contributed by atoms with Gasteiger partial charge in [-0.25, -0.2) is 0 Å². The van der Waals surface area contributed by atoms with Gasteiger partial charge in [-0.2, -0.15) is 0 Å². The van der Waals surface area contributed by atoms with Crippen LogP contribution in [-0.4, -0.2) is 28.5 Å². The Bertz CT molecular complexity index is 417. The van der Waals surface area contributed by atoms with E-state index < -0.39 is 0 Å². The first-order valence-electron chi connectivity index (χ1n) is 6.08. The summed E-state index contributed by atoms with van der Waals surface area (Å²) in [5.74, 6) is 1.36. The average Bonchev–Trinajstić information content (AvgIpc) is 2.55. The summed E-state index contributed by atoms with van der Waals surface area (Å²) >= 11 is 3.41. The van der Waals surface area contributed by atoms with Crippen LogP contribution in [0.3, 0.4) is 0 Å². The first-order valence-corrected chi connectivity index (χ1v) is 6.87. The third kappa shape index (κ3) is 2.73. The topological polar surface area (TPSA) is 25.2 Å². The summed E-state index contributed by atoms with van der Waals surface area (Å²) in [6.45, 7) is 6.20. The summed E-state index contributed by atoms with van der Waals surface area (Å²) in [6, 6.07) is 1.90. The molecule has 2 unspecified atom stereocenters. The van der Waals surface area contributed by atoms with Crippen LogP contribution in [0.2, 0.25) is 0 Å². The van der Waals surface area contributed by atoms with Gasteiger partial charge in [0.15, 0.2) is 0 Å². The number of halogens is 1. The average molecular weight is 299 g/mol. The molecule has 1 amide bonds. The van der Waals surface area contributed by atoms with E-state index in [0.29, 0.717) is 11.8 Å². The Morgan fingerprint density at radius 2 is 1.94 bits per heavy atom. The van der Waals surface area contributed by atoms with E-state index in [4.69, 9.17) is 0 Å². The molecule has 4 heteroatoms. The molecule has 0 aromatic carbocycles. The molecule has 0 aliphatic carbocycles. The number of carbonyl (C=O) groups excluding carboxylic acids is 1. The van der Waals surface area contributed by atoms with Gasteiger partial charge in [-0.1, -0.05) is 13.8 Å². The van der Waals surface area contributed by atoms with Crippen LogP contribution in [0.25, 0.3) is 0 Å². The second kappa shape index (κ2) is 4.84. The number of aromatic nitrogens is 1. The number of nitrogens with zero attached hydrogens (tertiary/aromatic N) is 2. The van der Waals surface area contributed by atoms with Crippen LogP contribution >= 0.6 is 15.9 Å². The lowest BCUT2D eigenvalue weighted by molar-refractivity contribution is 0.0613. The van der Waals surface area contributed by atoms with E-state index in [-0.39, 0.29) is 5.91 Å². The summed E-state index contributed by atoms with van der Waals surface area (Å²) in [5, 5.41) is 0. The van der Waals surface area contributed by atoms with Crippen LogP contribution in [-0.2, 0) is 7.05 Å². The van der Waals surface area contributed by atoms with Crippen molar-refractivity contribution in [2.24, 2.45) is 18.9 Å². The fraction of sp³-hybridized carbons (Fsp3) is 0.615. The molecule has 1 fully saturated rings. The summed E-state index contributed by atoms with van der Waals surface area (Å²) < 4.78 is 2.84. The second-order valence-corrected chi connectivity index (χ2v) is 6.23. The van der Waals surface area contributed by atoms with Gasteiger partial charge in [-0.15, -0.1) is 0 Å². The first kappa shape index (κ1) is 12.7. The molecule has 2 atom stereocenters. The molecular formula is C13H19BrN2O. The molecule has 1 aliphatic heterocycles. The van der Waals surface area contributed by atoms with Gasteiger partial charge in [-0.3, -0.25) is 4.79 Å². The molecule has 2 rings (SSSR count). The van der Waals surface area contributed by atoms with Crippen LogP contribution in [0.1, 0.15) is 30.8 Å². The molecule has 2 heterocycles. The molecule has 0 N–H and O–H groups in total. The monoisotopic (exact) mass is 298 g/mol. The largest absolute Gasteiger partial charge is 0.345 e. The Morgan fingerprint density at radius 1 is 1.35 bits per heavy atom. The summed E-state index contributed by atoms with van der Waals surface area (Å²) in [6.07, 6.45) is 3.14. The number of likely N-dealkylation sites (tertiary alicyclic amines) is 1. The summed E-state index contributed by atoms with van der Waals surface area (Å²) in [5.41, 5.74) is 0.762. The van der Waals surface area contributed by atoms with Crippen molar-refractivity contribution in [1.82, 2.24) is 9.47 Å². The molecule has 1 saturated heterocycles. The molecule has 17 heavy (non-hydrogen) atoms. The lowest BCUT2D eigenvalue weighted by atomic mass is 9.92. The molecule has 0 radical (unpaired) electrons. The van der Waals surface area contributed by atoms with Crippen molar-refractivity contribution in [3.8, 4) is 0 Å². The Kier molecular flexibility index (Phi) is 3.61. The van der Waals surface area contributed by atoms with Gasteiger partial charge in [0.2, 0.25) is 0 Å². The minimum atomic E-state index is 0.150. The van der Waals surface area contributed by atoms with Gasteiger partial charge < -0.3 is 9.47 Å². The van der Waals surface area contributed by atoms with E-state index in [1.165, 1.54) is 6.42 Å². The Hall–Kier alpha value is -0.770. The molecular weight excluding hydrogens is 280 g/mol. The smallest absolute Gasteiger partial charge is 0.270 e. The highest BCUT2D eigenvalue weighted by molar-refractivity contribution is 9.10. The van der Waals surface area contributed by atoms with E-state index in [9.17, 15) is 4.79 Å². The minimum Gasteiger partial charge on any atom is -0.345 e. The van der Waals surface area contributed by atoms with Gasteiger partial charge in [-0.05, 0) is 40.3 Å². The van der Waals surface area contributed by atoms with Crippen molar-refractivity contribution >= 4 is 21.8 Å². The van der Waals surface area contributed by atoms with Gasteiger partial charge in [0, 0.05) is 30.8 Å². The van der Waals surface area contributed by atoms with E-state index in [2.05, 4.69) is 29.8 Å². The molecule has 0 bridgehead atoms. The SMILES string of the molecule is CC1CC(C)CN(C(=O)c2cc(Br)cn2C)C1. The van der Waals surface area contributed by atoms with Gasteiger partial charge in [0.05, 0.1) is 0 Å². The number of hydrogen-bond donors (Lipinski definition) is 0. The fourth-order valence-electron chi connectivity index (χ4n) is 2.73. The Balaban J connectivity index is 2.17. The Morgan fingerprint density at radius 3 is 2.41 bits per heavy atom. The summed E-state index contributed by atoms with van der Waals surface area (Å²) in [7, 11) is 1.91. The third-order valence-electron chi connectivity index (χ3n) is 3.35. The Labute approximate surface area is 111 Å². The minimum absolute atomic E-state index is 0.150. The third-order valence-corrected chi connectivity index (χ3v) is 3.78. The zero-order chi connectivity index (χ0) is 12.6. The maximum absolute atomic E-state index is 12.4. The van der Waals surface area contributed by atoms with E-state index in [1.54, 1.807) is 0 Å². The van der Waals surface area contributed by atoms with Crippen LogP contribution in [0, 0.1) is 11.8 Å². The first-order chi connectivity index (χ1) is 7.97. The van der Waals surface area contributed by atoms with Crippen molar-refractivity contribution in [3.63, 3.8) is 0 Å². The fourth-order valence-corrected chi connectivity index (χ4v) is 3.25. The normalized spacial score (nSPS) is 25.1. The van der Waals surface area contributed by atoms with Crippen molar-refractivity contribution in [3.05, 3.63) is 22.4 Å². The van der Waals surface area contributed by atoms with Crippen LogP contribution in [0.15, 0.2) is 16.7 Å². The molecule has 0 saturated carbocycles. The van der Waals surface area contributed by atoms with Gasteiger partial charge in [0.1, 0.15) is 5.69 Å². The maximum atomic E-state index is 12.4. The molecule has 3 nitrogen and oxygen atoms in total. The molecule has 0 spiro atoms. The molecule has 1 aromatic heterocycles. The number of rotatable bonds is 1. The van der Waals surface area contributed by atoms with Crippen molar-refractivity contribution in [1.29, 1.82) is 0 Å². The van der Waals surface area contributed by atoms with Crippen LogP contribution < -0.4 is 0 Å². The highest BCUT2D eigenvalue weighted by Crippen LogP contribution is 2.23. The van der Waals surface area contributed by atoms with E-state index in [0.717, 1.165) is 23.3 Å². The number of hydrogen-bond acceptors (Lipinski definition) is 1. The standard InChI is InChI=1S/C13H19BrN2O/c1-9-4-10(2)7-16(6-9)13(17)12-5-11(14)8-15(12)3/h5,8-10H,4,6-7H2,1-3H3. The van der Waals surface area contributed by atoms with E-state index in [1.807, 2.05) is 28.8 Å².